The summed E-state index contributed by atoms with van der Waals surface area (Å²) in [5, 5.41) is 9.08. The first-order valence-electron chi connectivity index (χ1n) is 11.0. The molecule has 190 valence electrons. The summed E-state index contributed by atoms with van der Waals surface area (Å²) in [5.41, 5.74) is 8.09. The molecule has 0 radical (unpaired) electrons. The average Bonchev–Trinajstić information content (AvgIpc) is 2.80. The van der Waals surface area contributed by atoms with E-state index in [-0.39, 0.29) is 10.9 Å². The fourth-order valence-electron chi connectivity index (χ4n) is 3.49. The molecule has 2 aromatic carbocycles. The number of benzene rings is 2. The Bertz CT molecular complexity index is 1260. The molecule has 0 bridgehead atoms. The van der Waals surface area contributed by atoms with Crippen LogP contribution in [0, 0.1) is 5.82 Å². The molecule has 1 heterocycles. The van der Waals surface area contributed by atoms with Gasteiger partial charge in [-0.25, -0.2) is 14.4 Å². The van der Waals surface area contributed by atoms with Gasteiger partial charge in [0.25, 0.3) is 0 Å². The molecule has 0 saturated heterocycles. The molecule has 1 amide bonds. The number of hydrogen-bond acceptors (Lipinski definition) is 8. The highest BCUT2D eigenvalue weighted by molar-refractivity contribution is 6.31. The summed E-state index contributed by atoms with van der Waals surface area (Å²) in [6.45, 7) is 7.88. The van der Waals surface area contributed by atoms with Crippen molar-refractivity contribution in [3.63, 3.8) is 0 Å². The van der Waals surface area contributed by atoms with Gasteiger partial charge in [0, 0.05) is 37.0 Å². The van der Waals surface area contributed by atoms with Gasteiger partial charge in [-0.05, 0) is 44.2 Å². The first-order valence-corrected chi connectivity index (χ1v) is 11.3. The molecule has 0 unspecified atom stereocenters. The number of anilines is 6. The van der Waals surface area contributed by atoms with Crippen molar-refractivity contribution in [1.82, 2.24) is 9.97 Å². The molecule has 3 rings (SSSR count). The standard InChI is InChI=1S/C25H29ClFN7O2/c1-6-24(35)33-18-10-19(21(36-5)11-20(18)34(4)13-25(2,3)28)32-23-12-22(29-14-30-23)31-15-7-8-17(27)16(26)9-15/h6-12,14H,1,13,28H2,2-5H3,(H,33,35)(H2,29,30,31,32). The predicted molar refractivity (Wildman–Crippen MR) is 143 cm³/mol. The van der Waals surface area contributed by atoms with E-state index in [9.17, 15) is 9.18 Å². The number of nitrogens with two attached hydrogens (primary N) is 1. The number of aromatic nitrogens is 2. The number of likely N-dealkylation sites (N-methyl/N-ethyl adjacent to an activating group) is 1. The monoisotopic (exact) mass is 513 g/mol. The molecule has 9 nitrogen and oxygen atoms in total. The van der Waals surface area contributed by atoms with Crippen molar-refractivity contribution >= 4 is 51.9 Å². The third-order valence-corrected chi connectivity index (χ3v) is 5.23. The van der Waals surface area contributed by atoms with E-state index in [0.29, 0.717) is 46.7 Å². The molecular formula is C25H29ClFN7O2. The molecule has 0 atom stereocenters. The maximum absolute atomic E-state index is 13.5. The quantitative estimate of drug-likeness (QED) is 0.278. The molecule has 11 heteroatoms. The highest BCUT2D eigenvalue weighted by Crippen LogP contribution is 2.38. The lowest BCUT2D eigenvalue weighted by molar-refractivity contribution is -0.111. The van der Waals surface area contributed by atoms with Crippen molar-refractivity contribution in [2.45, 2.75) is 19.4 Å². The lowest BCUT2D eigenvalue weighted by Gasteiger charge is -2.30. The van der Waals surface area contributed by atoms with Gasteiger partial charge in [-0.2, -0.15) is 0 Å². The van der Waals surface area contributed by atoms with Gasteiger partial charge in [0.2, 0.25) is 5.91 Å². The van der Waals surface area contributed by atoms with Crippen LogP contribution in [-0.2, 0) is 4.79 Å². The number of carbonyl (C=O) groups is 1. The Morgan fingerprint density at radius 3 is 2.50 bits per heavy atom. The molecular weight excluding hydrogens is 485 g/mol. The molecule has 0 saturated carbocycles. The van der Waals surface area contributed by atoms with Gasteiger partial charge in [-0.1, -0.05) is 18.2 Å². The van der Waals surface area contributed by atoms with Crippen LogP contribution < -0.4 is 31.3 Å². The van der Waals surface area contributed by atoms with E-state index in [1.807, 2.05) is 25.8 Å². The molecule has 0 fully saturated rings. The van der Waals surface area contributed by atoms with Crippen LogP contribution in [0.15, 0.2) is 55.4 Å². The van der Waals surface area contributed by atoms with Crippen LogP contribution >= 0.6 is 11.6 Å². The minimum absolute atomic E-state index is 0.00526. The van der Waals surface area contributed by atoms with Crippen molar-refractivity contribution < 1.29 is 13.9 Å². The number of nitrogens with zero attached hydrogens (tertiary/aromatic N) is 3. The summed E-state index contributed by atoms with van der Waals surface area (Å²) in [7, 11) is 3.43. The van der Waals surface area contributed by atoms with E-state index in [1.165, 1.54) is 24.5 Å². The van der Waals surface area contributed by atoms with E-state index >= 15 is 0 Å². The largest absolute Gasteiger partial charge is 0.494 e. The third-order valence-electron chi connectivity index (χ3n) is 4.94. The molecule has 36 heavy (non-hydrogen) atoms. The lowest BCUT2D eigenvalue weighted by Crippen LogP contribution is -2.44. The molecule has 0 aliphatic rings. The Labute approximate surface area is 214 Å². The highest BCUT2D eigenvalue weighted by Gasteiger charge is 2.20. The Morgan fingerprint density at radius 2 is 1.89 bits per heavy atom. The normalized spacial score (nSPS) is 11.0. The zero-order valence-corrected chi connectivity index (χ0v) is 21.3. The van der Waals surface area contributed by atoms with Crippen LogP contribution in [0.2, 0.25) is 5.02 Å². The number of amides is 1. The maximum Gasteiger partial charge on any atom is 0.247 e. The van der Waals surface area contributed by atoms with Crippen molar-refractivity contribution in [2.24, 2.45) is 5.73 Å². The fraction of sp³-hybridized carbons (Fsp3) is 0.240. The van der Waals surface area contributed by atoms with Crippen LogP contribution in [-0.4, -0.2) is 42.1 Å². The topological polar surface area (TPSA) is 117 Å². The van der Waals surface area contributed by atoms with E-state index in [2.05, 4.69) is 32.5 Å². The van der Waals surface area contributed by atoms with Crippen molar-refractivity contribution in [3.05, 3.63) is 66.2 Å². The second-order valence-electron chi connectivity index (χ2n) is 8.78. The van der Waals surface area contributed by atoms with Gasteiger partial charge in [0.1, 0.15) is 29.5 Å². The summed E-state index contributed by atoms with van der Waals surface area (Å²) in [5.74, 6) is 0.545. The summed E-state index contributed by atoms with van der Waals surface area (Å²) in [4.78, 5) is 22.5. The van der Waals surface area contributed by atoms with Gasteiger partial charge >= 0.3 is 0 Å². The fourth-order valence-corrected chi connectivity index (χ4v) is 3.67. The van der Waals surface area contributed by atoms with E-state index in [0.717, 1.165) is 0 Å². The predicted octanol–water partition coefficient (Wildman–Crippen LogP) is 5.06. The molecule has 0 spiro atoms. The second-order valence-corrected chi connectivity index (χ2v) is 9.18. The summed E-state index contributed by atoms with van der Waals surface area (Å²) in [6.07, 6.45) is 2.56. The second kappa shape index (κ2) is 11.2. The van der Waals surface area contributed by atoms with Gasteiger partial charge < -0.3 is 31.3 Å². The lowest BCUT2D eigenvalue weighted by atomic mass is 10.1. The van der Waals surface area contributed by atoms with Gasteiger partial charge in [0.05, 0.1) is 29.2 Å². The molecule has 1 aromatic heterocycles. The van der Waals surface area contributed by atoms with Crippen LogP contribution in [0.3, 0.4) is 0 Å². The first-order chi connectivity index (χ1) is 17.0. The Hall–Kier alpha value is -3.89. The molecule has 5 N–H and O–H groups in total. The zero-order valence-electron chi connectivity index (χ0n) is 20.5. The summed E-state index contributed by atoms with van der Waals surface area (Å²) >= 11 is 5.86. The smallest absolute Gasteiger partial charge is 0.247 e. The number of methoxy groups -OCH3 is 1. The minimum atomic E-state index is -0.511. The molecule has 0 aliphatic carbocycles. The minimum Gasteiger partial charge on any atom is -0.494 e. The summed E-state index contributed by atoms with van der Waals surface area (Å²) in [6, 6.07) is 9.47. The van der Waals surface area contributed by atoms with Crippen LogP contribution in [0.4, 0.5) is 38.8 Å². The maximum atomic E-state index is 13.5. The van der Waals surface area contributed by atoms with Gasteiger partial charge in [-0.15, -0.1) is 0 Å². The van der Waals surface area contributed by atoms with Crippen LogP contribution in [0.1, 0.15) is 13.8 Å². The first kappa shape index (κ1) is 26.7. The van der Waals surface area contributed by atoms with Gasteiger partial charge in [-0.3, -0.25) is 4.79 Å². The Balaban J connectivity index is 1.94. The van der Waals surface area contributed by atoms with Crippen LogP contribution in [0.5, 0.6) is 5.75 Å². The van der Waals surface area contributed by atoms with E-state index in [4.69, 9.17) is 22.1 Å². The Kier molecular flexibility index (Phi) is 8.33. The van der Waals surface area contributed by atoms with Crippen molar-refractivity contribution in [1.29, 1.82) is 0 Å². The van der Waals surface area contributed by atoms with Crippen molar-refractivity contribution in [3.8, 4) is 5.75 Å². The number of ether oxygens (including phenoxy) is 1. The number of hydrogen-bond donors (Lipinski definition) is 4. The SMILES string of the molecule is C=CC(=O)Nc1cc(Nc2cc(Nc3ccc(F)c(Cl)c3)ncn2)c(OC)cc1N(C)CC(C)(C)N. The highest BCUT2D eigenvalue weighted by atomic mass is 35.5. The third kappa shape index (κ3) is 7.06. The zero-order chi connectivity index (χ0) is 26.5. The number of rotatable bonds is 10. The van der Waals surface area contributed by atoms with E-state index < -0.39 is 11.4 Å². The van der Waals surface area contributed by atoms with Crippen LogP contribution in [0.25, 0.3) is 0 Å². The molecule has 3 aromatic rings. The Morgan fingerprint density at radius 1 is 1.19 bits per heavy atom. The van der Waals surface area contributed by atoms with Crippen molar-refractivity contribution in [2.75, 3.05) is 41.6 Å². The van der Waals surface area contributed by atoms with E-state index in [1.54, 1.807) is 31.4 Å². The average molecular weight is 514 g/mol. The molecule has 0 aliphatic heterocycles. The summed E-state index contributed by atoms with van der Waals surface area (Å²) < 4.78 is 19.1. The van der Waals surface area contributed by atoms with Gasteiger partial charge in [0.15, 0.2) is 0 Å². The number of nitrogens with one attached hydrogen (secondary N) is 3. The number of carbonyl (C=O) groups excluding carboxylic acids is 1. The number of halogens is 2.